The summed E-state index contributed by atoms with van der Waals surface area (Å²) in [7, 11) is 0. The van der Waals surface area contributed by atoms with Crippen molar-refractivity contribution in [1.82, 2.24) is 0 Å². The minimum atomic E-state index is 0.0645. The van der Waals surface area contributed by atoms with Crippen LogP contribution < -0.4 is 10.5 Å². The van der Waals surface area contributed by atoms with Gasteiger partial charge in [0.15, 0.2) is 0 Å². The van der Waals surface area contributed by atoms with E-state index in [1.807, 2.05) is 55.6 Å². The van der Waals surface area contributed by atoms with E-state index < -0.39 is 0 Å². The minimum Gasteiger partial charge on any atom is -0.456 e. The van der Waals surface area contributed by atoms with Gasteiger partial charge in [-0.1, -0.05) is 23.7 Å². The van der Waals surface area contributed by atoms with Gasteiger partial charge in [-0.15, -0.1) is 11.8 Å². The molecule has 0 fully saturated rings. The van der Waals surface area contributed by atoms with Crippen LogP contribution in [-0.4, -0.2) is 12.3 Å². The Labute approximate surface area is 129 Å². The highest BCUT2D eigenvalue weighted by atomic mass is 35.5. The number of hydrogen-bond donors (Lipinski definition) is 1. The van der Waals surface area contributed by atoms with Gasteiger partial charge in [0.1, 0.15) is 11.5 Å². The van der Waals surface area contributed by atoms with Crippen LogP contribution in [0.4, 0.5) is 0 Å². The highest BCUT2D eigenvalue weighted by Crippen LogP contribution is 2.34. The summed E-state index contributed by atoms with van der Waals surface area (Å²) < 4.78 is 5.94. The Balaban J connectivity index is 2.26. The third-order valence-electron chi connectivity index (χ3n) is 2.87. The van der Waals surface area contributed by atoms with Crippen LogP contribution in [0.1, 0.15) is 12.5 Å². The third-order valence-corrected chi connectivity index (χ3v) is 3.91. The number of thioether (sulfide) groups is 1. The Bertz CT molecular complexity index is 569. The van der Waals surface area contributed by atoms with Gasteiger partial charge in [0.2, 0.25) is 0 Å². The summed E-state index contributed by atoms with van der Waals surface area (Å²) in [6.45, 7) is 1.97. The van der Waals surface area contributed by atoms with Gasteiger partial charge in [0.25, 0.3) is 0 Å². The lowest BCUT2D eigenvalue weighted by Gasteiger charge is -2.14. The van der Waals surface area contributed by atoms with E-state index in [2.05, 4.69) is 0 Å². The monoisotopic (exact) mass is 307 g/mol. The second-order valence-corrected chi connectivity index (χ2v) is 5.97. The van der Waals surface area contributed by atoms with E-state index in [4.69, 9.17) is 22.1 Å². The van der Waals surface area contributed by atoms with Crippen molar-refractivity contribution in [2.45, 2.75) is 24.3 Å². The highest BCUT2D eigenvalue weighted by Gasteiger charge is 2.11. The van der Waals surface area contributed by atoms with Crippen molar-refractivity contribution in [2.75, 3.05) is 6.26 Å². The Morgan fingerprint density at radius 1 is 1.20 bits per heavy atom. The molecule has 0 saturated heterocycles. The number of ether oxygens (including phenoxy) is 1. The van der Waals surface area contributed by atoms with Crippen LogP contribution in [-0.2, 0) is 6.42 Å². The molecule has 2 nitrogen and oxygen atoms in total. The van der Waals surface area contributed by atoms with Crippen LogP contribution in [0.2, 0.25) is 5.02 Å². The second-order valence-electron chi connectivity index (χ2n) is 4.69. The fourth-order valence-electron chi connectivity index (χ4n) is 1.94. The number of nitrogens with two attached hydrogens (primary N) is 1. The number of halogens is 1. The lowest BCUT2D eigenvalue weighted by Crippen LogP contribution is -2.18. The Hall–Kier alpha value is -1.16. The fourth-order valence-corrected chi connectivity index (χ4v) is 2.58. The standard InChI is InChI=1S/C16H18ClNOS/c1-11(18)10-12-4-3-5-15(17)16(12)19-13-6-8-14(20-2)9-7-13/h3-9,11H,10,18H2,1-2H3. The molecule has 1 unspecified atom stereocenters. The molecule has 2 aromatic rings. The Morgan fingerprint density at radius 3 is 2.50 bits per heavy atom. The fraction of sp³-hybridized carbons (Fsp3) is 0.250. The van der Waals surface area contributed by atoms with Crippen molar-refractivity contribution in [1.29, 1.82) is 0 Å². The van der Waals surface area contributed by atoms with Gasteiger partial charge in [0.05, 0.1) is 5.02 Å². The average Bonchev–Trinajstić information content (AvgIpc) is 2.43. The molecule has 0 bridgehead atoms. The van der Waals surface area contributed by atoms with Gasteiger partial charge >= 0.3 is 0 Å². The number of hydrogen-bond acceptors (Lipinski definition) is 3. The first kappa shape index (κ1) is 15.2. The van der Waals surface area contributed by atoms with E-state index in [0.717, 1.165) is 17.7 Å². The molecule has 0 spiro atoms. The van der Waals surface area contributed by atoms with E-state index in [-0.39, 0.29) is 6.04 Å². The molecular formula is C16H18ClNOS. The van der Waals surface area contributed by atoms with E-state index in [9.17, 15) is 0 Å². The van der Waals surface area contributed by atoms with Gasteiger partial charge in [-0.3, -0.25) is 0 Å². The first-order valence-corrected chi connectivity index (χ1v) is 8.05. The predicted molar refractivity (Wildman–Crippen MR) is 87.1 cm³/mol. The molecule has 106 valence electrons. The Kier molecular flexibility index (Phi) is 5.35. The van der Waals surface area contributed by atoms with Crippen LogP contribution >= 0.6 is 23.4 Å². The van der Waals surface area contributed by atoms with Crippen molar-refractivity contribution >= 4 is 23.4 Å². The first-order chi connectivity index (χ1) is 9.60. The van der Waals surface area contributed by atoms with Gasteiger partial charge in [-0.05, 0) is 55.5 Å². The molecule has 0 heterocycles. The van der Waals surface area contributed by atoms with Gasteiger partial charge in [-0.25, -0.2) is 0 Å². The maximum absolute atomic E-state index is 6.25. The first-order valence-electron chi connectivity index (χ1n) is 6.45. The summed E-state index contributed by atoms with van der Waals surface area (Å²) >= 11 is 7.95. The van der Waals surface area contributed by atoms with Gasteiger partial charge in [-0.2, -0.15) is 0 Å². The molecule has 2 aromatic carbocycles. The van der Waals surface area contributed by atoms with Crippen molar-refractivity contribution in [3.8, 4) is 11.5 Å². The summed E-state index contributed by atoms with van der Waals surface area (Å²) in [5, 5.41) is 0.608. The molecule has 0 amide bonds. The Morgan fingerprint density at radius 2 is 1.90 bits per heavy atom. The quantitative estimate of drug-likeness (QED) is 0.810. The zero-order valence-corrected chi connectivity index (χ0v) is 13.2. The molecule has 2 N–H and O–H groups in total. The SMILES string of the molecule is CSc1ccc(Oc2c(Cl)cccc2CC(C)N)cc1. The normalized spacial score (nSPS) is 12.2. The molecule has 2 rings (SSSR count). The van der Waals surface area contributed by atoms with Crippen LogP contribution in [0.3, 0.4) is 0 Å². The third kappa shape index (κ3) is 3.92. The van der Waals surface area contributed by atoms with Gasteiger partial charge in [0, 0.05) is 10.9 Å². The second kappa shape index (κ2) is 7.02. The number of rotatable bonds is 5. The minimum absolute atomic E-state index is 0.0645. The molecule has 4 heteroatoms. The molecule has 0 aliphatic carbocycles. The summed E-state index contributed by atoms with van der Waals surface area (Å²) in [4.78, 5) is 1.20. The molecule has 0 radical (unpaired) electrons. The highest BCUT2D eigenvalue weighted by molar-refractivity contribution is 7.98. The lowest BCUT2D eigenvalue weighted by atomic mass is 10.1. The molecule has 1 atom stereocenters. The number of benzene rings is 2. The van der Waals surface area contributed by atoms with Crippen molar-refractivity contribution < 1.29 is 4.74 Å². The predicted octanol–water partition coefficient (Wildman–Crippen LogP) is 4.74. The molecule has 0 saturated carbocycles. The zero-order valence-electron chi connectivity index (χ0n) is 11.6. The zero-order chi connectivity index (χ0) is 14.5. The summed E-state index contributed by atoms with van der Waals surface area (Å²) in [5.41, 5.74) is 6.90. The number of para-hydroxylation sites is 1. The van der Waals surface area contributed by atoms with Crippen LogP contribution in [0.15, 0.2) is 47.4 Å². The molecular weight excluding hydrogens is 290 g/mol. The molecule has 0 aromatic heterocycles. The van der Waals surface area contributed by atoms with Crippen LogP contribution in [0.25, 0.3) is 0 Å². The van der Waals surface area contributed by atoms with E-state index in [1.165, 1.54) is 4.90 Å². The average molecular weight is 308 g/mol. The van der Waals surface area contributed by atoms with Crippen LogP contribution in [0, 0.1) is 0 Å². The van der Waals surface area contributed by atoms with Crippen molar-refractivity contribution in [2.24, 2.45) is 5.73 Å². The smallest absolute Gasteiger partial charge is 0.149 e. The topological polar surface area (TPSA) is 35.2 Å². The van der Waals surface area contributed by atoms with Crippen molar-refractivity contribution in [3.63, 3.8) is 0 Å². The lowest BCUT2D eigenvalue weighted by molar-refractivity contribution is 0.473. The maximum atomic E-state index is 6.25. The maximum Gasteiger partial charge on any atom is 0.149 e. The summed E-state index contributed by atoms with van der Waals surface area (Å²) in [5.74, 6) is 1.48. The van der Waals surface area contributed by atoms with E-state index in [1.54, 1.807) is 11.8 Å². The molecule has 20 heavy (non-hydrogen) atoms. The summed E-state index contributed by atoms with van der Waals surface area (Å²) in [6, 6.07) is 13.8. The summed E-state index contributed by atoms with van der Waals surface area (Å²) in [6.07, 6.45) is 2.78. The largest absolute Gasteiger partial charge is 0.456 e. The van der Waals surface area contributed by atoms with E-state index in [0.29, 0.717) is 10.8 Å². The van der Waals surface area contributed by atoms with E-state index >= 15 is 0 Å². The van der Waals surface area contributed by atoms with Crippen molar-refractivity contribution in [3.05, 3.63) is 53.1 Å². The van der Waals surface area contributed by atoms with Gasteiger partial charge < -0.3 is 10.5 Å². The van der Waals surface area contributed by atoms with Crippen LogP contribution in [0.5, 0.6) is 11.5 Å². The molecule has 0 aliphatic heterocycles. The molecule has 0 aliphatic rings.